The van der Waals surface area contributed by atoms with Gasteiger partial charge in [-0.05, 0) is 46.7 Å². The first-order valence-corrected chi connectivity index (χ1v) is 12.6. The zero-order valence-electron chi connectivity index (χ0n) is 21.1. The highest BCUT2D eigenvalue weighted by atomic mass is 19.1. The van der Waals surface area contributed by atoms with Crippen LogP contribution in [0.15, 0.2) is 79.1 Å². The second-order valence-electron chi connectivity index (χ2n) is 9.97. The molecule has 4 rings (SSSR count). The Kier molecular flexibility index (Phi) is 8.14. The van der Waals surface area contributed by atoms with Gasteiger partial charge in [0.15, 0.2) is 0 Å². The molecule has 188 valence electrons. The van der Waals surface area contributed by atoms with Crippen LogP contribution in [0.4, 0.5) is 4.39 Å². The van der Waals surface area contributed by atoms with Crippen molar-refractivity contribution in [3.05, 3.63) is 101 Å². The molecule has 0 spiro atoms. The maximum absolute atomic E-state index is 14.6. The van der Waals surface area contributed by atoms with Crippen LogP contribution < -0.4 is 5.32 Å². The molecule has 4 atom stereocenters. The number of alkyl halides is 1. The third-order valence-electron chi connectivity index (χ3n) is 6.90. The Hall–Kier alpha value is -3.54. The zero-order valence-corrected chi connectivity index (χ0v) is 21.1. The Morgan fingerprint density at radius 3 is 2.19 bits per heavy atom. The summed E-state index contributed by atoms with van der Waals surface area (Å²) in [7, 11) is 0. The van der Waals surface area contributed by atoms with Gasteiger partial charge in [-0.25, -0.2) is 4.39 Å². The second-order valence-corrected chi connectivity index (χ2v) is 9.97. The Labute approximate surface area is 212 Å². The van der Waals surface area contributed by atoms with E-state index in [0.717, 1.165) is 16.7 Å². The molecule has 0 saturated carbocycles. The smallest absolute Gasteiger partial charge is 0.243 e. The van der Waals surface area contributed by atoms with E-state index in [2.05, 4.69) is 36.3 Å². The van der Waals surface area contributed by atoms with E-state index in [9.17, 15) is 14.0 Å². The third-order valence-corrected chi connectivity index (χ3v) is 6.90. The van der Waals surface area contributed by atoms with Gasteiger partial charge in [-0.15, -0.1) is 0 Å². The topological polar surface area (TPSA) is 62.3 Å². The van der Waals surface area contributed by atoms with Gasteiger partial charge < -0.3 is 10.2 Å². The number of halogens is 1. The van der Waals surface area contributed by atoms with Crippen molar-refractivity contribution in [2.24, 2.45) is 5.92 Å². The number of carbonyl (C=O) groups excluding carboxylic acids is 2. The Bertz CT molecular complexity index is 1150. The lowest BCUT2D eigenvalue weighted by Gasteiger charge is -2.29. The highest BCUT2D eigenvalue weighted by Crippen LogP contribution is 2.28. The van der Waals surface area contributed by atoms with Crippen molar-refractivity contribution >= 4 is 11.8 Å². The molecular weight excluding hydrogens is 453 g/mol. The number of hydrogen-bond donors (Lipinski definition) is 1. The lowest BCUT2D eigenvalue weighted by Crippen LogP contribution is -2.48. The standard InChI is InChI=1S/C30H34FN3O2/c1-20(2)23-9-11-25(12-10-23)28(24-7-5-4-6-8-24)33-29(35)27-18-26(31)19-34(27)30(36)21(3)17-22-13-15-32-16-14-22/h4-16,20-21,26-28H,17-19H2,1-3H3,(H,33,35)/t21?,26?,27-,28?/m0/s1. The zero-order chi connectivity index (χ0) is 25.7. The van der Waals surface area contributed by atoms with E-state index in [-0.39, 0.29) is 30.7 Å². The lowest BCUT2D eigenvalue weighted by atomic mass is 9.95. The number of aromatic nitrogens is 1. The average Bonchev–Trinajstić information content (AvgIpc) is 3.29. The summed E-state index contributed by atoms with van der Waals surface area (Å²) in [6.07, 6.45) is 2.67. The average molecular weight is 488 g/mol. The summed E-state index contributed by atoms with van der Waals surface area (Å²) in [4.78, 5) is 32.3. The maximum Gasteiger partial charge on any atom is 0.243 e. The minimum Gasteiger partial charge on any atom is -0.343 e. The Morgan fingerprint density at radius 2 is 1.56 bits per heavy atom. The minimum absolute atomic E-state index is 0.00729. The van der Waals surface area contributed by atoms with Gasteiger partial charge in [0, 0.05) is 24.7 Å². The van der Waals surface area contributed by atoms with Gasteiger partial charge in [-0.1, -0.05) is 75.4 Å². The number of likely N-dealkylation sites (tertiary alicyclic amines) is 1. The molecule has 5 nitrogen and oxygen atoms in total. The summed E-state index contributed by atoms with van der Waals surface area (Å²) in [6, 6.07) is 20.4. The molecule has 6 heteroatoms. The van der Waals surface area contributed by atoms with Crippen molar-refractivity contribution in [1.29, 1.82) is 0 Å². The molecule has 2 aromatic carbocycles. The van der Waals surface area contributed by atoms with E-state index in [0.29, 0.717) is 12.3 Å². The molecule has 2 amide bonds. The van der Waals surface area contributed by atoms with Gasteiger partial charge in [-0.3, -0.25) is 14.6 Å². The van der Waals surface area contributed by atoms with Crippen LogP contribution in [0, 0.1) is 5.92 Å². The fourth-order valence-electron chi connectivity index (χ4n) is 4.84. The van der Waals surface area contributed by atoms with Gasteiger partial charge in [0.25, 0.3) is 0 Å². The first kappa shape index (κ1) is 25.5. The van der Waals surface area contributed by atoms with Crippen molar-refractivity contribution in [3.8, 4) is 0 Å². The van der Waals surface area contributed by atoms with Crippen LogP contribution in [0.3, 0.4) is 0 Å². The molecule has 1 saturated heterocycles. The molecule has 1 fully saturated rings. The second kappa shape index (κ2) is 11.5. The third kappa shape index (κ3) is 5.99. The van der Waals surface area contributed by atoms with Crippen LogP contribution in [0.1, 0.15) is 61.4 Å². The summed E-state index contributed by atoms with van der Waals surface area (Å²) < 4.78 is 14.6. The summed E-state index contributed by atoms with van der Waals surface area (Å²) in [5.41, 5.74) is 4.07. The number of amides is 2. The van der Waals surface area contributed by atoms with Crippen molar-refractivity contribution < 1.29 is 14.0 Å². The molecule has 1 aliphatic rings. The van der Waals surface area contributed by atoms with E-state index >= 15 is 0 Å². The number of rotatable bonds is 8. The summed E-state index contributed by atoms with van der Waals surface area (Å²) in [5, 5.41) is 3.13. The van der Waals surface area contributed by atoms with Gasteiger partial charge in [0.05, 0.1) is 12.6 Å². The number of hydrogen-bond acceptors (Lipinski definition) is 3. The fourth-order valence-corrected chi connectivity index (χ4v) is 4.84. The molecule has 1 aliphatic heterocycles. The van der Waals surface area contributed by atoms with E-state index in [1.54, 1.807) is 12.4 Å². The van der Waals surface area contributed by atoms with E-state index < -0.39 is 18.3 Å². The van der Waals surface area contributed by atoms with Gasteiger partial charge in [0.1, 0.15) is 12.2 Å². The van der Waals surface area contributed by atoms with Crippen molar-refractivity contribution in [1.82, 2.24) is 15.2 Å². The van der Waals surface area contributed by atoms with E-state index in [1.807, 2.05) is 61.5 Å². The van der Waals surface area contributed by atoms with Crippen molar-refractivity contribution in [3.63, 3.8) is 0 Å². The minimum atomic E-state index is -1.22. The van der Waals surface area contributed by atoms with E-state index in [4.69, 9.17) is 0 Å². The number of nitrogens with zero attached hydrogens (tertiary/aromatic N) is 2. The summed E-state index contributed by atoms with van der Waals surface area (Å²) >= 11 is 0. The molecule has 2 heterocycles. The quantitative estimate of drug-likeness (QED) is 0.473. The van der Waals surface area contributed by atoms with Crippen molar-refractivity contribution in [2.45, 2.75) is 57.8 Å². The Morgan fingerprint density at radius 1 is 0.944 bits per heavy atom. The number of pyridine rings is 1. The lowest BCUT2D eigenvalue weighted by molar-refractivity contribution is -0.141. The van der Waals surface area contributed by atoms with Gasteiger partial charge >= 0.3 is 0 Å². The molecule has 0 aliphatic carbocycles. The first-order chi connectivity index (χ1) is 17.3. The molecule has 0 bridgehead atoms. The highest BCUT2D eigenvalue weighted by molar-refractivity contribution is 5.89. The van der Waals surface area contributed by atoms with Crippen LogP contribution in [-0.4, -0.2) is 40.5 Å². The molecule has 3 unspecified atom stereocenters. The largest absolute Gasteiger partial charge is 0.343 e. The predicted octanol–water partition coefficient (Wildman–Crippen LogP) is 5.23. The van der Waals surface area contributed by atoms with Crippen molar-refractivity contribution in [2.75, 3.05) is 6.54 Å². The fraction of sp³-hybridized carbons (Fsp3) is 0.367. The van der Waals surface area contributed by atoms with Crippen LogP contribution in [0.5, 0.6) is 0 Å². The number of carbonyl (C=O) groups is 2. The summed E-state index contributed by atoms with van der Waals surface area (Å²) in [6.45, 7) is 6.05. The molecule has 36 heavy (non-hydrogen) atoms. The van der Waals surface area contributed by atoms with E-state index in [1.165, 1.54) is 10.5 Å². The number of benzene rings is 2. The molecule has 1 aromatic heterocycles. The van der Waals surface area contributed by atoms with Crippen LogP contribution in [0.25, 0.3) is 0 Å². The molecule has 0 radical (unpaired) electrons. The number of nitrogens with one attached hydrogen (secondary N) is 1. The molecular formula is C30H34FN3O2. The van der Waals surface area contributed by atoms with Crippen LogP contribution in [-0.2, 0) is 16.0 Å². The van der Waals surface area contributed by atoms with Gasteiger partial charge in [0.2, 0.25) is 11.8 Å². The molecule has 1 N–H and O–H groups in total. The van der Waals surface area contributed by atoms with Crippen LogP contribution in [0.2, 0.25) is 0 Å². The Balaban J connectivity index is 1.54. The maximum atomic E-state index is 14.6. The first-order valence-electron chi connectivity index (χ1n) is 12.6. The predicted molar refractivity (Wildman–Crippen MR) is 139 cm³/mol. The van der Waals surface area contributed by atoms with Crippen LogP contribution >= 0.6 is 0 Å². The normalized spacial score (nSPS) is 19.2. The highest BCUT2D eigenvalue weighted by Gasteiger charge is 2.41. The van der Waals surface area contributed by atoms with Gasteiger partial charge in [-0.2, -0.15) is 0 Å². The summed E-state index contributed by atoms with van der Waals surface area (Å²) in [5.74, 6) is -0.509. The monoisotopic (exact) mass is 487 g/mol. The SMILES string of the molecule is CC(Cc1ccncc1)C(=O)N1CC(F)C[C@H]1C(=O)NC(c1ccccc1)c1ccc(C(C)C)cc1. The molecule has 3 aromatic rings.